The summed E-state index contributed by atoms with van der Waals surface area (Å²) >= 11 is 0. The van der Waals surface area contributed by atoms with E-state index in [9.17, 15) is 20.4 Å². The molecule has 164 valence electrons. The van der Waals surface area contributed by atoms with Crippen molar-refractivity contribution in [2.45, 2.75) is 44.2 Å². The van der Waals surface area contributed by atoms with Crippen molar-refractivity contribution >= 4 is 5.91 Å². The fraction of sp³-hybridized carbons (Fsp3) is 0.400. The number of hydrogen-bond acceptors (Lipinski definition) is 6. The molecule has 3 atom stereocenters. The highest BCUT2D eigenvalue weighted by Crippen LogP contribution is 2.29. The van der Waals surface area contributed by atoms with Crippen LogP contribution >= 0.6 is 0 Å². The maximum atomic E-state index is 12.0. The summed E-state index contributed by atoms with van der Waals surface area (Å²) in [5.74, 6) is 0.142. The summed E-state index contributed by atoms with van der Waals surface area (Å²) in [6.07, 6.45) is 0.619. The van der Waals surface area contributed by atoms with E-state index in [1.165, 1.54) is 0 Å². The lowest BCUT2D eigenvalue weighted by Crippen LogP contribution is -2.46. The lowest BCUT2D eigenvalue weighted by molar-refractivity contribution is -0.123. The Bertz CT molecular complexity index is 994. The average Bonchev–Trinajstić information content (AvgIpc) is 3.60. The number of ether oxygens (including phenoxy) is 1. The zero-order valence-corrected chi connectivity index (χ0v) is 17.8. The van der Waals surface area contributed by atoms with E-state index in [2.05, 4.69) is 22.4 Å². The highest BCUT2D eigenvalue weighted by molar-refractivity contribution is 5.80. The van der Waals surface area contributed by atoms with Crippen molar-refractivity contribution in [2.24, 2.45) is 5.92 Å². The van der Waals surface area contributed by atoms with Crippen LogP contribution in [0.4, 0.5) is 0 Å². The Morgan fingerprint density at radius 1 is 1.06 bits per heavy atom. The van der Waals surface area contributed by atoms with Gasteiger partial charge in [-0.25, -0.2) is 0 Å². The Morgan fingerprint density at radius 3 is 2.19 bits per heavy atom. The number of amides is 1. The summed E-state index contributed by atoms with van der Waals surface area (Å²) in [5.41, 5.74) is 3.08. The van der Waals surface area contributed by atoms with Gasteiger partial charge in [-0.05, 0) is 48.2 Å². The number of aliphatic hydroxyl groups excluding tert-OH is 1. The summed E-state index contributed by atoms with van der Waals surface area (Å²) in [4.78, 5) is 14.1. The molecule has 4 rings (SSSR count). The van der Waals surface area contributed by atoms with Crippen LogP contribution in [0.15, 0.2) is 48.5 Å². The molecule has 7 nitrogen and oxygen atoms in total. The van der Waals surface area contributed by atoms with Gasteiger partial charge in [0.1, 0.15) is 6.10 Å². The third-order valence-electron chi connectivity index (χ3n) is 6.03. The first kappa shape index (κ1) is 22.0. The van der Waals surface area contributed by atoms with Crippen LogP contribution in [0.1, 0.15) is 35.1 Å². The Balaban J connectivity index is 1.50. The highest BCUT2D eigenvalue weighted by Gasteiger charge is 2.40. The molecule has 0 radical (unpaired) electrons. The van der Waals surface area contributed by atoms with Crippen molar-refractivity contribution in [2.75, 3.05) is 13.2 Å². The molecule has 1 saturated carbocycles. The molecule has 1 saturated heterocycles. The van der Waals surface area contributed by atoms with Crippen LogP contribution in [-0.2, 0) is 22.6 Å². The number of carbonyl (C=O) groups excluding carboxylic acids is 1. The van der Waals surface area contributed by atoms with Gasteiger partial charge in [-0.3, -0.25) is 9.69 Å². The van der Waals surface area contributed by atoms with Crippen molar-refractivity contribution in [3.63, 3.8) is 0 Å². The fourth-order valence-corrected chi connectivity index (χ4v) is 4.10. The Hall–Kier alpha value is -3.23. The molecule has 2 aromatic rings. The molecule has 1 aliphatic heterocycles. The predicted octanol–water partition coefficient (Wildman–Crippen LogP) is 2.09. The minimum Gasteiger partial charge on any atom is -0.389 e. The molecule has 7 heteroatoms. The van der Waals surface area contributed by atoms with Crippen LogP contribution in [0.2, 0.25) is 0 Å². The first-order valence-corrected chi connectivity index (χ1v) is 10.9. The van der Waals surface area contributed by atoms with Crippen molar-refractivity contribution in [3.8, 4) is 12.1 Å². The van der Waals surface area contributed by atoms with Crippen LogP contribution in [0.5, 0.6) is 0 Å². The third-order valence-corrected chi connectivity index (χ3v) is 6.03. The molecular formula is C25H26N4O3. The van der Waals surface area contributed by atoms with Gasteiger partial charge in [-0.15, -0.1) is 0 Å². The Kier molecular flexibility index (Phi) is 6.82. The van der Waals surface area contributed by atoms with Gasteiger partial charge in [0, 0.05) is 25.6 Å². The summed E-state index contributed by atoms with van der Waals surface area (Å²) in [5, 5.41) is 32.4. The summed E-state index contributed by atoms with van der Waals surface area (Å²) < 4.78 is 5.86. The van der Waals surface area contributed by atoms with E-state index in [0.717, 1.165) is 24.0 Å². The van der Waals surface area contributed by atoms with E-state index in [0.29, 0.717) is 30.8 Å². The number of benzene rings is 2. The van der Waals surface area contributed by atoms with Crippen LogP contribution in [0.25, 0.3) is 0 Å². The summed E-state index contributed by atoms with van der Waals surface area (Å²) in [7, 11) is 0. The largest absolute Gasteiger partial charge is 0.389 e. The molecule has 2 aromatic carbocycles. The van der Waals surface area contributed by atoms with Crippen molar-refractivity contribution in [1.29, 1.82) is 10.5 Å². The van der Waals surface area contributed by atoms with E-state index in [1.807, 2.05) is 36.4 Å². The monoisotopic (exact) mass is 430 g/mol. The standard InChI is InChI=1S/C25H26N4O3/c26-11-17-3-1-5-19(9-17)14-29(15-20-6-2-4-18(10-20)12-27)22-16-32-23(24(22)30)13-28-25(31)21-7-8-21/h1-6,9-10,21-24,30H,7-8,13-16H2,(H,28,31)/t22-,23-,24+/m1/s1. The molecule has 1 aliphatic carbocycles. The number of nitriles is 2. The minimum absolute atomic E-state index is 0.0303. The second-order valence-electron chi connectivity index (χ2n) is 8.48. The molecule has 1 amide bonds. The van der Waals surface area contributed by atoms with Gasteiger partial charge in [-0.2, -0.15) is 10.5 Å². The van der Waals surface area contributed by atoms with Crippen molar-refractivity contribution in [1.82, 2.24) is 10.2 Å². The molecule has 1 heterocycles. The average molecular weight is 431 g/mol. The zero-order valence-electron chi connectivity index (χ0n) is 17.8. The van der Waals surface area contributed by atoms with Crippen molar-refractivity contribution in [3.05, 3.63) is 70.8 Å². The quantitative estimate of drug-likeness (QED) is 0.664. The van der Waals surface area contributed by atoms with Crippen LogP contribution in [-0.4, -0.2) is 47.3 Å². The van der Waals surface area contributed by atoms with Gasteiger partial charge in [-0.1, -0.05) is 24.3 Å². The van der Waals surface area contributed by atoms with E-state index in [1.54, 1.807) is 12.1 Å². The SMILES string of the molecule is N#Cc1cccc(CN(Cc2cccc(C#N)c2)[C@@H]2CO[C@H](CNC(=O)C3CC3)[C@H]2O)c1. The van der Waals surface area contributed by atoms with Crippen LogP contribution in [0.3, 0.4) is 0 Å². The summed E-state index contributed by atoms with van der Waals surface area (Å²) in [6.45, 7) is 1.65. The summed E-state index contributed by atoms with van der Waals surface area (Å²) in [6, 6.07) is 18.8. The van der Waals surface area contributed by atoms with Gasteiger partial charge in [0.25, 0.3) is 0 Å². The molecule has 0 bridgehead atoms. The molecule has 0 unspecified atom stereocenters. The molecule has 2 N–H and O–H groups in total. The van der Waals surface area contributed by atoms with E-state index in [4.69, 9.17) is 4.74 Å². The van der Waals surface area contributed by atoms with E-state index >= 15 is 0 Å². The van der Waals surface area contributed by atoms with E-state index < -0.39 is 12.2 Å². The molecule has 2 fully saturated rings. The lowest BCUT2D eigenvalue weighted by atomic mass is 10.0. The highest BCUT2D eigenvalue weighted by atomic mass is 16.5. The first-order valence-electron chi connectivity index (χ1n) is 10.9. The fourth-order valence-electron chi connectivity index (χ4n) is 4.10. The van der Waals surface area contributed by atoms with E-state index in [-0.39, 0.29) is 24.4 Å². The second kappa shape index (κ2) is 9.93. The lowest BCUT2D eigenvalue weighted by Gasteiger charge is -2.31. The molecular weight excluding hydrogens is 404 g/mol. The minimum atomic E-state index is -0.771. The maximum absolute atomic E-state index is 12.0. The normalized spacial score (nSPS) is 22.3. The van der Waals surface area contributed by atoms with Gasteiger partial charge in [0.05, 0.1) is 42.0 Å². The number of rotatable bonds is 8. The van der Waals surface area contributed by atoms with Gasteiger partial charge in [0.2, 0.25) is 5.91 Å². The van der Waals surface area contributed by atoms with Crippen LogP contribution in [0, 0.1) is 28.6 Å². The van der Waals surface area contributed by atoms with Gasteiger partial charge >= 0.3 is 0 Å². The van der Waals surface area contributed by atoms with Crippen LogP contribution < -0.4 is 5.32 Å². The molecule has 0 aromatic heterocycles. The number of aliphatic hydroxyl groups is 1. The molecule has 2 aliphatic rings. The second-order valence-corrected chi connectivity index (χ2v) is 8.48. The van der Waals surface area contributed by atoms with Crippen molar-refractivity contribution < 1.29 is 14.6 Å². The Morgan fingerprint density at radius 2 is 1.66 bits per heavy atom. The first-order chi connectivity index (χ1) is 15.6. The van der Waals surface area contributed by atoms with Gasteiger partial charge in [0.15, 0.2) is 0 Å². The number of nitrogens with one attached hydrogen (secondary N) is 1. The molecule has 32 heavy (non-hydrogen) atoms. The number of nitrogens with zero attached hydrogens (tertiary/aromatic N) is 3. The smallest absolute Gasteiger partial charge is 0.223 e. The topological polar surface area (TPSA) is 109 Å². The number of hydrogen-bond donors (Lipinski definition) is 2. The number of carbonyl (C=O) groups is 1. The molecule has 0 spiro atoms. The predicted molar refractivity (Wildman–Crippen MR) is 117 cm³/mol. The Labute approximate surface area is 187 Å². The maximum Gasteiger partial charge on any atom is 0.223 e. The zero-order chi connectivity index (χ0) is 22.5. The van der Waals surface area contributed by atoms with Gasteiger partial charge < -0.3 is 15.2 Å². The third kappa shape index (κ3) is 5.33.